The normalized spacial score (nSPS) is 20.7. The van der Waals surface area contributed by atoms with Gasteiger partial charge < -0.3 is 20.6 Å². The molecule has 34 heavy (non-hydrogen) atoms. The number of fused-ring (bicyclic) bond motifs is 2. The summed E-state index contributed by atoms with van der Waals surface area (Å²) < 4.78 is 14.4. The molecular formula is C23H26FN5O5. The standard InChI is InChI=1S/C23H26FN5O5/c1-28(2)21(34)19(32)27-23-9-7-14(8-10-23)12-29-20(33)17(30)16(26-22(23)29)18(31)25-11-13-3-5-15(24)6-4-13/h3-6,14,30H,7-12H2,1-2H3,(H,25,31)(H,27,32). The highest BCUT2D eigenvalue weighted by molar-refractivity contribution is 6.35. The molecule has 0 radical (unpaired) electrons. The molecule has 2 bridgehead atoms. The van der Waals surface area contributed by atoms with E-state index in [1.807, 2.05) is 0 Å². The second-order valence-corrected chi connectivity index (χ2v) is 9.04. The van der Waals surface area contributed by atoms with Gasteiger partial charge in [-0.2, -0.15) is 0 Å². The van der Waals surface area contributed by atoms with E-state index in [4.69, 9.17) is 0 Å². The molecule has 11 heteroatoms. The van der Waals surface area contributed by atoms with Crippen LogP contribution in [-0.2, 0) is 28.2 Å². The number of amides is 3. The van der Waals surface area contributed by atoms with E-state index in [0.29, 0.717) is 37.8 Å². The van der Waals surface area contributed by atoms with Crippen LogP contribution in [0.25, 0.3) is 0 Å². The third-order valence-corrected chi connectivity index (χ3v) is 6.51. The number of nitrogens with zero attached hydrogens (tertiary/aromatic N) is 3. The summed E-state index contributed by atoms with van der Waals surface area (Å²) in [5, 5.41) is 15.9. The Hall–Kier alpha value is -3.76. The maximum Gasteiger partial charge on any atom is 0.311 e. The molecule has 1 aromatic carbocycles. The SMILES string of the molecule is CN(C)C(=O)C(=O)NC12CCC(CC1)Cn1c2nc(C(=O)NCc2ccc(F)cc2)c(O)c1=O. The lowest BCUT2D eigenvalue weighted by molar-refractivity contribution is -0.145. The van der Waals surface area contributed by atoms with Gasteiger partial charge in [0.15, 0.2) is 5.69 Å². The van der Waals surface area contributed by atoms with Crippen LogP contribution in [0.4, 0.5) is 4.39 Å². The summed E-state index contributed by atoms with van der Waals surface area (Å²) in [4.78, 5) is 56.3. The highest BCUT2D eigenvalue weighted by atomic mass is 19.1. The molecule has 1 aromatic heterocycles. The van der Waals surface area contributed by atoms with Crippen LogP contribution in [0.2, 0.25) is 0 Å². The highest BCUT2D eigenvalue weighted by Gasteiger charge is 2.46. The Balaban J connectivity index is 1.70. The number of nitrogens with one attached hydrogen (secondary N) is 2. The number of aromatic hydroxyl groups is 1. The van der Waals surface area contributed by atoms with Crippen LogP contribution >= 0.6 is 0 Å². The van der Waals surface area contributed by atoms with Gasteiger partial charge >= 0.3 is 11.8 Å². The third-order valence-electron chi connectivity index (χ3n) is 6.51. The topological polar surface area (TPSA) is 134 Å². The van der Waals surface area contributed by atoms with Crippen molar-refractivity contribution in [1.82, 2.24) is 25.1 Å². The first-order valence-electron chi connectivity index (χ1n) is 11.0. The zero-order chi connectivity index (χ0) is 24.6. The predicted molar refractivity (Wildman–Crippen MR) is 118 cm³/mol. The van der Waals surface area contributed by atoms with Crippen LogP contribution in [0, 0.1) is 11.7 Å². The molecule has 2 aliphatic heterocycles. The summed E-state index contributed by atoms with van der Waals surface area (Å²) in [6.07, 6.45) is 2.26. The van der Waals surface area contributed by atoms with Crippen molar-refractivity contribution in [2.45, 2.75) is 44.3 Å². The molecule has 0 spiro atoms. The lowest BCUT2D eigenvalue weighted by atomic mass is 9.77. The van der Waals surface area contributed by atoms with Crippen molar-refractivity contribution in [3.63, 3.8) is 0 Å². The van der Waals surface area contributed by atoms with Crippen molar-refractivity contribution in [3.8, 4) is 5.75 Å². The molecule has 2 aromatic rings. The van der Waals surface area contributed by atoms with Crippen LogP contribution in [-0.4, -0.2) is 51.4 Å². The van der Waals surface area contributed by atoms with E-state index in [1.165, 1.54) is 42.9 Å². The lowest BCUT2D eigenvalue weighted by Gasteiger charge is -2.37. The maximum atomic E-state index is 13.1. The number of aromatic nitrogens is 2. The van der Waals surface area contributed by atoms with Gasteiger partial charge in [0, 0.05) is 27.2 Å². The average molecular weight is 471 g/mol. The molecule has 1 saturated carbocycles. The van der Waals surface area contributed by atoms with Gasteiger partial charge in [-0.25, -0.2) is 9.37 Å². The van der Waals surface area contributed by atoms with Crippen LogP contribution in [0.1, 0.15) is 47.6 Å². The number of hydrogen-bond donors (Lipinski definition) is 3. The van der Waals surface area contributed by atoms with E-state index >= 15 is 0 Å². The Morgan fingerprint density at radius 2 is 1.85 bits per heavy atom. The van der Waals surface area contributed by atoms with E-state index in [0.717, 1.165) is 4.90 Å². The Morgan fingerprint density at radius 3 is 2.47 bits per heavy atom. The number of benzene rings is 1. The fraction of sp³-hybridized carbons (Fsp3) is 0.435. The van der Waals surface area contributed by atoms with Crippen LogP contribution in [0.5, 0.6) is 5.75 Å². The monoisotopic (exact) mass is 471 g/mol. The maximum absolute atomic E-state index is 13.1. The molecule has 0 atom stereocenters. The zero-order valence-corrected chi connectivity index (χ0v) is 18.9. The van der Waals surface area contributed by atoms with E-state index < -0.39 is 46.1 Å². The smallest absolute Gasteiger partial charge is 0.311 e. The number of rotatable bonds is 4. The minimum Gasteiger partial charge on any atom is -0.501 e. The summed E-state index contributed by atoms with van der Waals surface area (Å²) in [6, 6.07) is 5.51. The summed E-state index contributed by atoms with van der Waals surface area (Å²) in [5.74, 6) is -3.26. The van der Waals surface area contributed by atoms with Gasteiger partial charge in [-0.1, -0.05) is 12.1 Å². The zero-order valence-electron chi connectivity index (χ0n) is 18.9. The van der Waals surface area contributed by atoms with Crippen LogP contribution in [0.3, 0.4) is 0 Å². The van der Waals surface area contributed by atoms with E-state index in [9.17, 15) is 28.7 Å². The Labute approximate surface area is 194 Å². The summed E-state index contributed by atoms with van der Waals surface area (Å²) in [5.41, 5.74) is -1.74. The molecule has 3 amide bonds. The molecule has 10 nitrogen and oxygen atoms in total. The van der Waals surface area contributed by atoms with Crippen molar-refractivity contribution < 1.29 is 23.9 Å². The number of likely N-dealkylation sites (N-methyl/N-ethyl adjacent to an activating group) is 1. The number of halogens is 1. The Morgan fingerprint density at radius 1 is 1.21 bits per heavy atom. The molecule has 3 N–H and O–H groups in total. The predicted octanol–water partition coefficient (Wildman–Crippen LogP) is 0.621. The van der Waals surface area contributed by atoms with Gasteiger partial charge in [0.25, 0.3) is 11.5 Å². The number of hydrogen-bond acceptors (Lipinski definition) is 6. The van der Waals surface area contributed by atoms with Crippen LogP contribution in [0.15, 0.2) is 29.1 Å². The Bertz CT molecular complexity index is 1200. The number of carbonyl (C=O) groups excluding carboxylic acids is 3. The molecule has 5 rings (SSSR count). The molecule has 0 unspecified atom stereocenters. The minimum atomic E-state index is -1.12. The van der Waals surface area contributed by atoms with Crippen molar-refractivity contribution >= 4 is 17.7 Å². The van der Waals surface area contributed by atoms with Gasteiger partial charge in [-0.15, -0.1) is 0 Å². The van der Waals surface area contributed by atoms with Gasteiger partial charge in [0.2, 0.25) is 5.75 Å². The second-order valence-electron chi connectivity index (χ2n) is 9.04. The molecule has 180 valence electrons. The highest BCUT2D eigenvalue weighted by Crippen LogP contribution is 2.42. The van der Waals surface area contributed by atoms with Crippen LogP contribution < -0.4 is 16.2 Å². The molecule has 3 aliphatic rings. The van der Waals surface area contributed by atoms with E-state index in [2.05, 4.69) is 15.6 Å². The van der Waals surface area contributed by atoms with Crippen molar-refractivity contribution in [3.05, 3.63) is 57.5 Å². The molecule has 0 saturated heterocycles. The lowest BCUT2D eigenvalue weighted by Crippen LogP contribution is -2.53. The summed E-state index contributed by atoms with van der Waals surface area (Å²) >= 11 is 0. The molecule has 1 aliphatic carbocycles. The van der Waals surface area contributed by atoms with Gasteiger partial charge in [0.1, 0.15) is 11.6 Å². The molecule has 3 heterocycles. The van der Waals surface area contributed by atoms with E-state index in [1.54, 1.807) is 0 Å². The fourth-order valence-electron chi connectivity index (χ4n) is 4.60. The second kappa shape index (κ2) is 8.88. The first-order chi connectivity index (χ1) is 16.1. The quantitative estimate of drug-likeness (QED) is 0.560. The third kappa shape index (κ3) is 4.25. The van der Waals surface area contributed by atoms with Gasteiger partial charge in [-0.3, -0.25) is 23.7 Å². The average Bonchev–Trinajstić information content (AvgIpc) is 3.06. The van der Waals surface area contributed by atoms with Crippen molar-refractivity contribution in [2.24, 2.45) is 5.92 Å². The largest absolute Gasteiger partial charge is 0.501 e. The fourth-order valence-corrected chi connectivity index (χ4v) is 4.60. The van der Waals surface area contributed by atoms with E-state index in [-0.39, 0.29) is 18.3 Å². The van der Waals surface area contributed by atoms with Crippen molar-refractivity contribution in [2.75, 3.05) is 14.1 Å². The first-order valence-corrected chi connectivity index (χ1v) is 11.0. The summed E-state index contributed by atoms with van der Waals surface area (Å²) in [6.45, 7) is 0.325. The van der Waals surface area contributed by atoms with Gasteiger partial charge in [-0.05, 0) is 49.3 Å². The minimum absolute atomic E-state index is 0.0277. The Kier molecular flexibility index (Phi) is 6.11. The summed E-state index contributed by atoms with van der Waals surface area (Å²) in [7, 11) is 2.92. The first kappa shape index (κ1) is 23.4. The molecular weight excluding hydrogens is 445 g/mol. The number of carbonyl (C=O) groups is 3. The molecule has 1 fully saturated rings. The van der Waals surface area contributed by atoms with Gasteiger partial charge in [0.05, 0.1) is 5.54 Å². The van der Waals surface area contributed by atoms with Crippen molar-refractivity contribution in [1.29, 1.82) is 0 Å².